The number of carbonyl (C=O) groups excluding carboxylic acids is 1. The van der Waals surface area contributed by atoms with Crippen molar-refractivity contribution in [2.45, 2.75) is 32.6 Å². The summed E-state index contributed by atoms with van der Waals surface area (Å²) >= 11 is 0. The average Bonchev–Trinajstić information content (AvgIpc) is 2.74. The zero-order chi connectivity index (χ0) is 16.3. The maximum absolute atomic E-state index is 12.6. The van der Waals surface area contributed by atoms with Crippen molar-refractivity contribution in [1.29, 1.82) is 0 Å². The van der Waals surface area contributed by atoms with Gasteiger partial charge in [-0.05, 0) is 24.4 Å². The summed E-state index contributed by atoms with van der Waals surface area (Å²) in [5.74, 6) is -0.132. The number of nitro benzene ring substituents is 1. The maximum atomic E-state index is 12.6. The van der Waals surface area contributed by atoms with Crippen molar-refractivity contribution >= 4 is 11.6 Å². The molecule has 0 bridgehead atoms. The number of nitrogens with one attached hydrogen (secondary N) is 1. The first-order valence-electron chi connectivity index (χ1n) is 7.59. The smallest absolute Gasteiger partial charge is 0.273 e. The lowest BCUT2D eigenvalue weighted by atomic mass is 9.85. The molecule has 1 saturated heterocycles. The van der Waals surface area contributed by atoms with Crippen LogP contribution in [-0.4, -0.2) is 41.9 Å². The van der Waals surface area contributed by atoms with Crippen LogP contribution in [0.3, 0.4) is 0 Å². The Morgan fingerprint density at radius 1 is 1.27 bits per heavy atom. The fourth-order valence-corrected chi connectivity index (χ4v) is 2.68. The van der Waals surface area contributed by atoms with Crippen molar-refractivity contribution < 1.29 is 9.72 Å². The molecule has 2 rings (SSSR count). The molecule has 1 amide bonds. The van der Waals surface area contributed by atoms with Gasteiger partial charge < -0.3 is 10.2 Å². The fourth-order valence-electron chi connectivity index (χ4n) is 2.68. The number of nitrogens with zero attached hydrogens (tertiary/aromatic N) is 2. The number of rotatable bonds is 2. The fraction of sp³-hybridized carbons (Fsp3) is 0.562. The first-order chi connectivity index (χ1) is 10.3. The molecule has 120 valence electrons. The summed E-state index contributed by atoms with van der Waals surface area (Å²) < 4.78 is 0. The lowest BCUT2D eigenvalue weighted by Gasteiger charge is -2.22. The van der Waals surface area contributed by atoms with Crippen molar-refractivity contribution in [2.24, 2.45) is 0 Å². The molecule has 1 aliphatic heterocycles. The van der Waals surface area contributed by atoms with E-state index in [2.05, 4.69) is 5.32 Å². The van der Waals surface area contributed by atoms with Crippen LogP contribution in [0.1, 0.15) is 43.1 Å². The Morgan fingerprint density at radius 3 is 2.64 bits per heavy atom. The van der Waals surface area contributed by atoms with Crippen molar-refractivity contribution in [3.63, 3.8) is 0 Å². The van der Waals surface area contributed by atoms with E-state index in [1.807, 2.05) is 20.8 Å². The summed E-state index contributed by atoms with van der Waals surface area (Å²) in [6.45, 7) is 8.75. The van der Waals surface area contributed by atoms with Gasteiger partial charge in [0.25, 0.3) is 11.6 Å². The summed E-state index contributed by atoms with van der Waals surface area (Å²) in [5.41, 5.74) is 0.718. The van der Waals surface area contributed by atoms with Gasteiger partial charge in [0.1, 0.15) is 0 Å². The first-order valence-corrected chi connectivity index (χ1v) is 7.59. The quantitative estimate of drug-likeness (QED) is 0.672. The van der Waals surface area contributed by atoms with Crippen LogP contribution >= 0.6 is 0 Å². The van der Waals surface area contributed by atoms with Gasteiger partial charge in [0.15, 0.2) is 0 Å². The molecule has 1 N–H and O–H groups in total. The Bertz CT molecular complexity index is 570. The van der Waals surface area contributed by atoms with Crippen LogP contribution in [0.2, 0.25) is 0 Å². The molecule has 22 heavy (non-hydrogen) atoms. The molecule has 0 atom stereocenters. The van der Waals surface area contributed by atoms with E-state index in [9.17, 15) is 14.9 Å². The van der Waals surface area contributed by atoms with E-state index in [4.69, 9.17) is 0 Å². The molecule has 0 spiro atoms. The second-order valence-electron chi connectivity index (χ2n) is 6.63. The minimum absolute atomic E-state index is 0.0197. The van der Waals surface area contributed by atoms with Gasteiger partial charge in [-0.3, -0.25) is 14.9 Å². The number of hydrogen-bond donors (Lipinski definition) is 1. The Balaban J connectivity index is 2.34. The predicted molar refractivity (Wildman–Crippen MR) is 85.2 cm³/mol. The van der Waals surface area contributed by atoms with Gasteiger partial charge in [-0.15, -0.1) is 0 Å². The number of amides is 1. The Hall–Kier alpha value is -1.95. The highest BCUT2D eigenvalue weighted by molar-refractivity contribution is 5.95. The highest BCUT2D eigenvalue weighted by atomic mass is 16.6. The van der Waals surface area contributed by atoms with Crippen molar-refractivity contribution in [2.75, 3.05) is 26.2 Å². The van der Waals surface area contributed by atoms with Gasteiger partial charge >= 0.3 is 0 Å². The Labute approximate surface area is 130 Å². The van der Waals surface area contributed by atoms with E-state index in [1.54, 1.807) is 17.0 Å². The largest absolute Gasteiger partial charge is 0.337 e. The number of benzene rings is 1. The molecular weight excluding hydrogens is 282 g/mol. The molecular formula is C16H23N3O3. The predicted octanol–water partition coefficient (Wildman–Crippen LogP) is 2.33. The van der Waals surface area contributed by atoms with Crippen molar-refractivity contribution in [3.8, 4) is 0 Å². The molecule has 1 heterocycles. The van der Waals surface area contributed by atoms with Crippen LogP contribution in [0.5, 0.6) is 0 Å². The number of nitro groups is 1. The van der Waals surface area contributed by atoms with Gasteiger partial charge in [0, 0.05) is 36.8 Å². The number of hydrogen-bond acceptors (Lipinski definition) is 4. The van der Waals surface area contributed by atoms with E-state index in [1.165, 1.54) is 6.07 Å². The summed E-state index contributed by atoms with van der Waals surface area (Å²) in [7, 11) is 0. The van der Waals surface area contributed by atoms with E-state index < -0.39 is 4.92 Å². The summed E-state index contributed by atoms with van der Waals surface area (Å²) in [6.07, 6.45) is 0.897. The third-order valence-electron chi connectivity index (χ3n) is 3.88. The van der Waals surface area contributed by atoms with Gasteiger partial charge in [0.05, 0.1) is 4.92 Å². The van der Waals surface area contributed by atoms with Crippen LogP contribution in [0.15, 0.2) is 18.2 Å². The van der Waals surface area contributed by atoms with Crippen LogP contribution in [0, 0.1) is 10.1 Å². The minimum Gasteiger partial charge on any atom is -0.337 e. The van der Waals surface area contributed by atoms with Gasteiger partial charge in [0.2, 0.25) is 0 Å². The van der Waals surface area contributed by atoms with Gasteiger partial charge in [-0.2, -0.15) is 0 Å². The molecule has 0 aliphatic carbocycles. The van der Waals surface area contributed by atoms with Crippen molar-refractivity contribution in [1.82, 2.24) is 10.2 Å². The molecule has 0 aromatic heterocycles. The molecule has 6 nitrogen and oxygen atoms in total. The highest BCUT2D eigenvalue weighted by Gasteiger charge is 2.27. The van der Waals surface area contributed by atoms with Gasteiger partial charge in [-0.1, -0.05) is 26.8 Å². The minimum atomic E-state index is -0.401. The Kier molecular flexibility index (Phi) is 4.81. The molecule has 6 heteroatoms. The monoisotopic (exact) mass is 305 g/mol. The van der Waals surface area contributed by atoms with Crippen LogP contribution in [-0.2, 0) is 5.41 Å². The van der Waals surface area contributed by atoms with Gasteiger partial charge in [-0.25, -0.2) is 0 Å². The van der Waals surface area contributed by atoms with E-state index in [0.29, 0.717) is 24.2 Å². The van der Waals surface area contributed by atoms with Crippen LogP contribution < -0.4 is 5.32 Å². The zero-order valence-corrected chi connectivity index (χ0v) is 13.4. The van der Waals surface area contributed by atoms with E-state index in [-0.39, 0.29) is 17.0 Å². The molecule has 0 saturated carbocycles. The summed E-state index contributed by atoms with van der Waals surface area (Å²) in [6, 6.07) is 4.83. The summed E-state index contributed by atoms with van der Waals surface area (Å²) in [5, 5.41) is 14.6. The molecule has 1 aromatic carbocycles. The molecule has 1 aliphatic rings. The Morgan fingerprint density at radius 2 is 2.00 bits per heavy atom. The second-order valence-corrected chi connectivity index (χ2v) is 6.63. The second kappa shape index (κ2) is 6.44. The molecule has 0 radical (unpaired) electrons. The molecule has 1 fully saturated rings. The normalized spacial score (nSPS) is 16.2. The van der Waals surface area contributed by atoms with Crippen LogP contribution in [0.4, 0.5) is 5.69 Å². The SMILES string of the molecule is CC(C)(C)c1ccc(C(=O)N2CCCNCC2)cc1[N+](=O)[O-]. The summed E-state index contributed by atoms with van der Waals surface area (Å²) in [4.78, 5) is 25.3. The average molecular weight is 305 g/mol. The highest BCUT2D eigenvalue weighted by Crippen LogP contribution is 2.32. The topological polar surface area (TPSA) is 75.5 Å². The molecule has 0 unspecified atom stereocenters. The van der Waals surface area contributed by atoms with E-state index >= 15 is 0 Å². The zero-order valence-electron chi connectivity index (χ0n) is 13.4. The lowest BCUT2D eigenvalue weighted by Crippen LogP contribution is -2.34. The first kappa shape index (κ1) is 16.4. The molecule has 1 aromatic rings. The van der Waals surface area contributed by atoms with E-state index in [0.717, 1.165) is 19.5 Å². The number of carbonyl (C=O) groups is 1. The lowest BCUT2D eigenvalue weighted by molar-refractivity contribution is -0.386. The third kappa shape index (κ3) is 3.62. The van der Waals surface area contributed by atoms with Crippen molar-refractivity contribution in [3.05, 3.63) is 39.4 Å². The van der Waals surface area contributed by atoms with Crippen LogP contribution in [0.25, 0.3) is 0 Å². The standard InChI is InChI=1S/C16H23N3O3/c1-16(2,3)13-6-5-12(11-14(13)19(21)22)15(20)18-9-4-7-17-8-10-18/h5-6,11,17H,4,7-10H2,1-3H3. The third-order valence-corrected chi connectivity index (χ3v) is 3.88. The maximum Gasteiger partial charge on any atom is 0.273 e.